The van der Waals surface area contributed by atoms with Crippen LogP contribution in [0.15, 0.2) is 49.6 Å². The van der Waals surface area contributed by atoms with Crippen LogP contribution in [0.25, 0.3) is 0 Å². The molecule has 0 aliphatic heterocycles. The van der Waals surface area contributed by atoms with Crippen molar-refractivity contribution < 1.29 is 9.53 Å². The monoisotopic (exact) mass is 257 g/mol. The van der Waals surface area contributed by atoms with Crippen LogP contribution in [0.2, 0.25) is 0 Å². The summed E-state index contributed by atoms with van der Waals surface area (Å²) in [6, 6.07) is 7.29. The Kier molecular flexibility index (Phi) is 4.07. The summed E-state index contributed by atoms with van der Waals surface area (Å²) in [5.41, 5.74) is 1.38. The Morgan fingerprint density at radius 1 is 1.53 bits per heavy atom. The van der Waals surface area contributed by atoms with Crippen molar-refractivity contribution in [2.24, 2.45) is 0 Å². The number of ether oxygens (including phenoxy) is 1. The van der Waals surface area contributed by atoms with E-state index in [2.05, 4.69) is 16.7 Å². The maximum Gasteiger partial charge on any atom is 0.339 e. The zero-order valence-electron chi connectivity index (χ0n) is 10.7. The smallest absolute Gasteiger partial charge is 0.339 e. The molecule has 0 aliphatic rings. The quantitative estimate of drug-likeness (QED) is 0.607. The van der Waals surface area contributed by atoms with Crippen LogP contribution in [-0.2, 0) is 11.3 Å². The van der Waals surface area contributed by atoms with E-state index < -0.39 is 0 Å². The number of nitrogens with zero attached hydrogens (tertiary/aromatic N) is 3. The third kappa shape index (κ3) is 3.28. The fourth-order valence-corrected chi connectivity index (χ4v) is 1.63. The molecule has 98 valence electrons. The fraction of sp³-hybridized carbons (Fsp3) is 0.214. The minimum absolute atomic E-state index is 0.313. The molecule has 1 heterocycles. The fourth-order valence-electron chi connectivity index (χ4n) is 1.63. The third-order valence-corrected chi connectivity index (χ3v) is 2.66. The molecular formula is C14H15N3O2. The summed E-state index contributed by atoms with van der Waals surface area (Å²) in [4.78, 5) is 15.9. The lowest BCUT2D eigenvalue weighted by Crippen LogP contribution is -2.15. The van der Waals surface area contributed by atoms with Crippen LogP contribution in [0.4, 0.5) is 0 Å². The van der Waals surface area contributed by atoms with Gasteiger partial charge in [0.05, 0.1) is 12.1 Å². The molecule has 0 saturated heterocycles. The van der Waals surface area contributed by atoms with Crippen LogP contribution in [0.5, 0.6) is 0 Å². The van der Waals surface area contributed by atoms with Gasteiger partial charge >= 0.3 is 5.97 Å². The van der Waals surface area contributed by atoms with Gasteiger partial charge in [0.25, 0.3) is 0 Å². The summed E-state index contributed by atoms with van der Waals surface area (Å²) >= 11 is 0. The standard InChI is InChI=1S/C14H15N3O2/c1-3-11(2)19-14(18)13-7-5-4-6-12(13)8-17-10-15-9-16-17/h3-7,9-11H,1,8H2,2H3/t11-/m0/s1. The minimum atomic E-state index is -0.358. The first-order chi connectivity index (χ1) is 9.20. The van der Waals surface area contributed by atoms with Crippen molar-refractivity contribution in [1.29, 1.82) is 0 Å². The number of benzene rings is 1. The minimum Gasteiger partial charge on any atom is -0.455 e. The molecule has 5 nitrogen and oxygen atoms in total. The molecule has 0 N–H and O–H groups in total. The van der Waals surface area contributed by atoms with E-state index in [9.17, 15) is 4.79 Å². The Balaban J connectivity index is 2.20. The molecule has 0 aliphatic carbocycles. The average molecular weight is 257 g/mol. The highest BCUT2D eigenvalue weighted by Crippen LogP contribution is 2.12. The summed E-state index contributed by atoms with van der Waals surface area (Å²) in [6.07, 6.45) is 4.33. The van der Waals surface area contributed by atoms with Gasteiger partial charge in [-0.05, 0) is 18.6 Å². The van der Waals surface area contributed by atoms with E-state index in [1.165, 1.54) is 6.33 Å². The molecule has 5 heteroatoms. The molecule has 0 bridgehead atoms. The Hall–Kier alpha value is -2.43. The Morgan fingerprint density at radius 2 is 2.32 bits per heavy atom. The van der Waals surface area contributed by atoms with Crippen LogP contribution >= 0.6 is 0 Å². The van der Waals surface area contributed by atoms with Gasteiger partial charge in [-0.25, -0.2) is 14.5 Å². The number of aromatic nitrogens is 3. The molecule has 0 amide bonds. The van der Waals surface area contributed by atoms with E-state index in [4.69, 9.17) is 4.74 Å². The molecule has 0 unspecified atom stereocenters. The second-order valence-electron chi connectivity index (χ2n) is 4.10. The Bertz CT molecular complexity index is 564. The van der Waals surface area contributed by atoms with E-state index in [0.29, 0.717) is 12.1 Å². The summed E-state index contributed by atoms with van der Waals surface area (Å²) < 4.78 is 6.90. The number of hydrogen-bond acceptors (Lipinski definition) is 4. The van der Waals surface area contributed by atoms with Crippen molar-refractivity contribution >= 4 is 5.97 Å². The molecule has 1 aromatic carbocycles. The average Bonchev–Trinajstić information content (AvgIpc) is 2.92. The Morgan fingerprint density at radius 3 is 3.00 bits per heavy atom. The maximum absolute atomic E-state index is 12.0. The van der Waals surface area contributed by atoms with E-state index in [0.717, 1.165) is 5.56 Å². The lowest BCUT2D eigenvalue weighted by atomic mass is 10.1. The molecule has 0 spiro atoms. The molecular weight excluding hydrogens is 242 g/mol. The van der Waals surface area contributed by atoms with Gasteiger partial charge in [-0.1, -0.05) is 30.9 Å². The van der Waals surface area contributed by atoms with Gasteiger partial charge in [0, 0.05) is 0 Å². The topological polar surface area (TPSA) is 57.0 Å². The third-order valence-electron chi connectivity index (χ3n) is 2.66. The van der Waals surface area contributed by atoms with Crippen LogP contribution in [0.3, 0.4) is 0 Å². The lowest BCUT2D eigenvalue weighted by molar-refractivity contribution is 0.0423. The van der Waals surface area contributed by atoms with Gasteiger partial charge in [0.2, 0.25) is 0 Å². The van der Waals surface area contributed by atoms with Gasteiger partial charge in [-0.2, -0.15) is 5.10 Å². The second kappa shape index (κ2) is 5.95. The normalized spacial score (nSPS) is 11.8. The van der Waals surface area contributed by atoms with E-state index in [1.54, 1.807) is 36.1 Å². The number of esters is 1. The highest BCUT2D eigenvalue weighted by atomic mass is 16.5. The van der Waals surface area contributed by atoms with E-state index in [1.807, 2.05) is 12.1 Å². The van der Waals surface area contributed by atoms with Gasteiger partial charge in [-0.3, -0.25) is 0 Å². The number of hydrogen-bond donors (Lipinski definition) is 0. The molecule has 1 aromatic heterocycles. The highest BCUT2D eigenvalue weighted by Gasteiger charge is 2.14. The summed E-state index contributed by atoms with van der Waals surface area (Å²) in [6.45, 7) is 5.84. The van der Waals surface area contributed by atoms with Crippen molar-refractivity contribution in [2.45, 2.75) is 19.6 Å². The predicted molar refractivity (Wildman–Crippen MR) is 70.6 cm³/mol. The largest absolute Gasteiger partial charge is 0.455 e. The summed E-state index contributed by atoms with van der Waals surface area (Å²) in [5, 5.41) is 4.03. The molecule has 0 radical (unpaired) electrons. The van der Waals surface area contributed by atoms with Gasteiger partial charge in [0.1, 0.15) is 18.8 Å². The molecule has 2 rings (SSSR count). The van der Waals surface area contributed by atoms with Crippen LogP contribution in [0.1, 0.15) is 22.8 Å². The SMILES string of the molecule is C=C[C@H](C)OC(=O)c1ccccc1Cn1cncn1. The predicted octanol–water partition coefficient (Wildman–Crippen LogP) is 2.06. The van der Waals surface area contributed by atoms with Crippen molar-refractivity contribution in [3.05, 3.63) is 60.7 Å². The Labute approximate surface area is 111 Å². The zero-order chi connectivity index (χ0) is 13.7. The molecule has 0 saturated carbocycles. The number of carbonyl (C=O) groups is 1. The first-order valence-corrected chi connectivity index (χ1v) is 5.94. The zero-order valence-corrected chi connectivity index (χ0v) is 10.7. The van der Waals surface area contributed by atoms with Gasteiger partial charge < -0.3 is 4.74 Å². The van der Waals surface area contributed by atoms with Crippen LogP contribution < -0.4 is 0 Å². The first-order valence-electron chi connectivity index (χ1n) is 5.94. The molecule has 0 fully saturated rings. The summed E-state index contributed by atoms with van der Waals surface area (Å²) in [5.74, 6) is -0.358. The van der Waals surface area contributed by atoms with Crippen molar-refractivity contribution in [3.8, 4) is 0 Å². The van der Waals surface area contributed by atoms with Gasteiger partial charge in [-0.15, -0.1) is 0 Å². The van der Waals surface area contributed by atoms with Crippen molar-refractivity contribution in [3.63, 3.8) is 0 Å². The van der Waals surface area contributed by atoms with E-state index >= 15 is 0 Å². The maximum atomic E-state index is 12.0. The lowest BCUT2D eigenvalue weighted by Gasteiger charge is -2.12. The first kappa shape index (κ1) is 13.0. The molecule has 1 atom stereocenters. The number of rotatable bonds is 5. The highest BCUT2D eigenvalue weighted by molar-refractivity contribution is 5.91. The molecule has 2 aromatic rings. The molecule has 19 heavy (non-hydrogen) atoms. The van der Waals surface area contributed by atoms with Crippen LogP contribution in [0, 0.1) is 0 Å². The summed E-state index contributed by atoms with van der Waals surface area (Å²) in [7, 11) is 0. The van der Waals surface area contributed by atoms with Crippen LogP contribution in [-0.4, -0.2) is 26.8 Å². The van der Waals surface area contributed by atoms with Crippen molar-refractivity contribution in [2.75, 3.05) is 0 Å². The van der Waals surface area contributed by atoms with Crippen molar-refractivity contribution in [1.82, 2.24) is 14.8 Å². The number of carbonyl (C=O) groups excluding carboxylic acids is 1. The van der Waals surface area contributed by atoms with Gasteiger partial charge in [0.15, 0.2) is 0 Å². The van der Waals surface area contributed by atoms with E-state index in [-0.39, 0.29) is 12.1 Å². The second-order valence-corrected chi connectivity index (χ2v) is 4.10.